The fourth-order valence-corrected chi connectivity index (χ4v) is 2.15. The first kappa shape index (κ1) is 18.8. The lowest BCUT2D eigenvalue weighted by Crippen LogP contribution is -2.28. The largest absolute Gasteiger partial charge is 0.466 e. The second-order valence-electron chi connectivity index (χ2n) is 4.07. The Morgan fingerprint density at radius 3 is 2.80 bits per heavy atom. The molecular formula is C12H20ClN3O3S. The third-order valence-electron chi connectivity index (χ3n) is 2.37. The summed E-state index contributed by atoms with van der Waals surface area (Å²) >= 11 is 1.30. The van der Waals surface area contributed by atoms with E-state index in [0.717, 1.165) is 0 Å². The molecule has 0 spiro atoms. The van der Waals surface area contributed by atoms with Gasteiger partial charge >= 0.3 is 5.97 Å². The Hall–Kier alpha value is -1.18. The lowest BCUT2D eigenvalue weighted by atomic mass is 10.2. The molecule has 0 aliphatic heterocycles. The molecule has 114 valence electrons. The number of amides is 1. The van der Waals surface area contributed by atoms with Gasteiger partial charge in [0.05, 0.1) is 18.7 Å². The number of rotatable bonds is 7. The molecule has 0 radical (unpaired) electrons. The smallest absolute Gasteiger partial charge is 0.311 e. The molecule has 0 bridgehead atoms. The van der Waals surface area contributed by atoms with Crippen LogP contribution in [0.15, 0.2) is 5.38 Å². The minimum Gasteiger partial charge on any atom is -0.466 e. The average Bonchev–Trinajstić information content (AvgIpc) is 2.77. The lowest BCUT2D eigenvalue weighted by Gasteiger charge is -2.09. The topological polar surface area (TPSA) is 80.3 Å². The molecule has 0 saturated heterocycles. The number of esters is 1. The zero-order valence-electron chi connectivity index (χ0n) is 11.8. The van der Waals surface area contributed by atoms with Crippen LogP contribution < -0.4 is 10.6 Å². The van der Waals surface area contributed by atoms with Crippen molar-refractivity contribution in [3.63, 3.8) is 0 Å². The Kier molecular flexibility index (Phi) is 9.11. The minimum absolute atomic E-state index is 0. The van der Waals surface area contributed by atoms with Gasteiger partial charge in [0.1, 0.15) is 0 Å². The van der Waals surface area contributed by atoms with Gasteiger partial charge in [-0.3, -0.25) is 9.59 Å². The number of aromatic nitrogens is 1. The van der Waals surface area contributed by atoms with Gasteiger partial charge in [0, 0.05) is 17.8 Å². The maximum atomic E-state index is 11.8. The number of nitrogens with one attached hydrogen (secondary N) is 2. The Morgan fingerprint density at radius 2 is 2.20 bits per heavy atom. The monoisotopic (exact) mass is 321 g/mol. The van der Waals surface area contributed by atoms with E-state index in [1.54, 1.807) is 19.4 Å². The Bertz CT molecular complexity index is 439. The summed E-state index contributed by atoms with van der Waals surface area (Å²) in [7, 11) is 1.80. The molecule has 1 aromatic rings. The van der Waals surface area contributed by atoms with Crippen molar-refractivity contribution >= 4 is 40.8 Å². The van der Waals surface area contributed by atoms with Crippen molar-refractivity contribution < 1.29 is 14.3 Å². The number of halogens is 1. The zero-order valence-corrected chi connectivity index (χ0v) is 13.4. The summed E-state index contributed by atoms with van der Waals surface area (Å²) in [6.07, 6.45) is 0.131. The standard InChI is InChI=1S/C12H19N3O3S.ClH/c1-4-18-10(16)5-9-7-19-12(14-9)15-11(17)8(2)6-13-3;/h7-8,13H,4-6H2,1-3H3,(H,14,15,17);1H. The number of carbonyl (C=O) groups is 2. The van der Waals surface area contributed by atoms with Crippen LogP contribution in [0.4, 0.5) is 5.13 Å². The second-order valence-corrected chi connectivity index (χ2v) is 4.93. The van der Waals surface area contributed by atoms with Gasteiger partial charge in [0.2, 0.25) is 5.91 Å². The van der Waals surface area contributed by atoms with Gasteiger partial charge in [-0.2, -0.15) is 0 Å². The molecule has 1 amide bonds. The van der Waals surface area contributed by atoms with E-state index in [-0.39, 0.29) is 36.6 Å². The first-order valence-electron chi connectivity index (χ1n) is 6.12. The number of anilines is 1. The number of hydrogen-bond donors (Lipinski definition) is 2. The molecule has 1 aromatic heterocycles. The molecule has 0 aliphatic carbocycles. The van der Waals surface area contributed by atoms with Crippen LogP contribution in [0.3, 0.4) is 0 Å². The van der Waals surface area contributed by atoms with Gasteiger partial charge in [0.25, 0.3) is 0 Å². The molecule has 0 aliphatic rings. The maximum Gasteiger partial charge on any atom is 0.311 e. The molecule has 20 heavy (non-hydrogen) atoms. The summed E-state index contributed by atoms with van der Waals surface area (Å²) in [6.45, 7) is 4.55. The van der Waals surface area contributed by atoms with Crippen molar-refractivity contribution in [1.82, 2.24) is 10.3 Å². The van der Waals surface area contributed by atoms with E-state index < -0.39 is 0 Å². The predicted octanol–water partition coefficient (Wildman–Crippen LogP) is 1.46. The number of ether oxygens (including phenoxy) is 1. The van der Waals surface area contributed by atoms with E-state index >= 15 is 0 Å². The summed E-state index contributed by atoms with van der Waals surface area (Å²) in [5.74, 6) is -0.539. The van der Waals surface area contributed by atoms with Gasteiger partial charge in [-0.05, 0) is 14.0 Å². The highest BCUT2D eigenvalue weighted by molar-refractivity contribution is 7.13. The minimum atomic E-state index is -0.311. The summed E-state index contributed by atoms with van der Waals surface area (Å²) in [6, 6.07) is 0. The molecule has 0 aromatic carbocycles. The number of nitrogens with zero attached hydrogens (tertiary/aromatic N) is 1. The van der Waals surface area contributed by atoms with Crippen molar-refractivity contribution in [2.75, 3.05) is 25.5 Å². The highest BCUT2D eigenvalue weighted by Gasteiger charge is 2.14. The van der Waals surface area contributed by atoms with Crippen LogP contribution in [0.25, 0.3) is 0 Å². The van der Waals surface area contributed by atoms with Crippen LogP contribution in [0.2, 0.25) is 0 Å². The molecule has 2 N–H and O–H groups in total. The van der Waals surface area contributed by atoms with Crippen molar-refractivity contribution in [3.05, 3.63) is 11.1 Å². The molecule has 1 heterocycles. The third-order valence-corrected chi connectivity index (χ3v) is 3.18. The van der Waals surface area contributed by atoms with Crippen molar-refractivity contribution in [1.29, 1.82) is 0 Å². The van der Waals surface area contributed by atoms with Crippen LogP contribution in [-0.4, -0.2) is 37.1 Å². The Balaban J connectivity index is 0.00000361. The fraction of sp³-hybridized carbons (Fsp3) is 0.583. The van der Waals surface area contributed by atoms with Gasteiger partial charge in [0.15, 0.2) is 5.13 Å². The SMILES string of the molecule is CCOC(=O)Cc1csc(NC(=O)C(C)CNC)n1.Cl. The van der Waals surface area contributed by atoms with Crippen LogP contribution >= 0.6 is 23.7 Å². The molecule has 6 nitrogen and oxygen atoms in total. The number of carbonyl (C=O) groups excluding carboxylic acids is 2. The lowest BCUT2D eigenvalue weighted by molar-refractivity contribution is -0.142. The van der Waals surface area contributed by atoms with Gasteiger partial charge in [-0.1, -0.05) is 6.92 Å². The third kappa shape index (κ3) is 6.31. The van der Waals surface area contributed by atoms with Crippen molar-refractivity contribution in [2.24, 2.45) is 5.92 Å². The molecule has 1 atom stereocenters. The summed E-state index contributed by atoms with van der Waals surface area (Å²) in [5.41, 5.74) is 0.611. The van der Waals surface area contributed by atoms with Crippen LogP contribution in [0, 0.1) is 5.92 Å². The first-order chi connectivity index (χ1) is 9.06. The van der Waals surface area contributed by atoms with E-state index in [1.807, 2.05) is 6.92 Å². The molecule has 0 saturated carbocycles. The summed E-state index contributed by atoms with van der Waals surface area (Å²) in [5, 5.41) is 7.92. The average molecular weight is 322 g/mol. The Labute approximate surface area is 128 Å². The van der Waals surface area contributed by atoms with E-state index in [2.05, 4.69) is 15.6 Å². The fourth-order valence-electron chi connectivity index (χ4n) is 1.43. The molecule has 1 unspecified atom stereocenters. The second kappa shape index (κ2) is 9.68. The van der Waals surface area contributed by atoms with Crippen LogP contribution in [-0.2, 0) is 20.7 Å². The Morgan fingerprint density at radius 1 is 1.50 bits per heavy atom. The highest BCUT2D eigenvalue weighted by atomic mass is 35.5. The van der Waals surface area contributed by atoms with Gasteiger partial charge in [-0.15, -0.1) is 23.7 Å². The molecular weight excluding hydrogens is 302 g/mol. The molecule has 0 fully saturated rings. The molecule has 8 heteroatoms. The van der Waals surface area contributed by atoms with E-state index in [4.69, 9.17) is 4.74 Å². The molecule has 1 rings (SSSR count). The number of thiazole rings is 1. The van der Waals surface area contributed by atoms with Crippen LogP contribution in [0.1, 0.15) is 19.5 Å². The first-order valence-corrected chi connectivity index (χ1v) is 7.00. The van der Waals surface area contributed by atoms with Crippen molar-refractivity contribution in [3.8, 4) is 0 Å². The number of hydrogen-bond acceptors (Lipinski definition) is 6. The normalized spacial score (nSPS) is 11.3. The van der Waals surface area contributed by atoms with E-state index in [1.165, 1.54) is 11.3 Å². The summed E-state index contributed by atoms with van der Waals surface area (Å²) in [4.78, 5) is 27.2. The van der Waals surface area contributed by atoms with E-state index in [0.29, 0.717) is 24.0 Å². The predicted molar refractivity (Wildman–Crippen MR) is 81.4 cm³/mol. The highest BCUT2D eigenvalue weighted by Crippen LogP contribution is 2.16. The van der Waals surface area contributed by atoms with Crippen LogP contribution in [0.5, 0.6) is 0 Å². The summed E-state index contributed by atoms with van der Waals surface area (Å²) < 4.78 is 4.84. The maximum absolute atomic E-state index is 11.8. The van der Waals surface area contributed by atoms with E-state index in [9.17, 15) is 9.59 Å². The van der Waals surface area contributed by atoms with Gasteiger partial charge in [-0.25, -0.2) is 4.98 Å². The van der Waals surface area contributed by atoms with Crippen molar-refractivity contribution in [2.45, 2.75) is 20.3 Å². The van der Waals surface area contributed by atoms with Gasteiger partial charge < -0.3 is 15.4 Å². The zero-order chi connectivity index (χ0) is 14.3. The quantitative estimate of drug-likeness (QED) is 0.743.